The number of piperidine rings is 1. The molecule has 0 spiro atoms. The van der Waals surface area contributed by atoms with Gasteiger partial charge in [0.25, 0.3) is 0 Å². The van der Waals surface area contributed by atoms with Crippen molar-refractivity contribution in [1.29, 1.82) is 5.41 Å². The van der Waals surface area contributed by atoms with E-state index in [9.17, 15) is 19.2 Å². The van der Waals surface area contributed by atoms with Crippen molar-refractivity contribution in [2.24, 2.45) is 0 Å². The number of aromatic amines is 1. The molecule has 4 aromatic rings. The number of likely N-dealkylation sites (tertiary alicyclic amines) is 1. The molecule has 5 rings (SSSR count). The third-order valence-electron chi connectivity index (χ3n) is 8.16. The molecule has 5 N–H and O–H groups in total. The average molecular weight is 642 g/mol. The number of carbonyl (C=O) groups excluding carboxylic acids is 4. The van der Waals surface area contributed by atoms with Crippen LogP contribution in [0.1, 0.15) is 59.1 Å². The van der Waals surface area contributed by atoms with E-state index < -0.39 is 30.4 Å². The summed E-state index contributed by atoms with van der Waals surface area (Å²) in [5.41, 5.74) is 3.26. The molecule has 0 radical (unpaired) electrons. The number of Topliss-reactive ketones (excluding diaryl/α,β-unsaturated/α-hetero) is 1. The number of ketones is 1. The van der Waals surface area contributed by atoms with E-state index in [0.29, 0.717) is 11.4 Å². The number of nitrogens with zero attached hydrogens (tertiary/aromatic N) is 2. The Morgan fingerprint density at radius 2 is 1.65 bits per heavy atom. The van der Waals surface area contributed by atoms with Crippen molar-refractivity contribution in [1.82, 2.24) is 30.8 Å². The maximum absolute atomic E-state index is 13.4. The molecule has 2 unspecified atom stereocenters. The molecule has 1 fully saturated rings. The molecule has 1 aliphatic heterocycles. The highest BCUT2D eigenvalue weighted by atomic mass is 32.1. The number of amidine groups is 1. The van der Waals surface area contributed by atoms with Gasteiger partial charge in [-0.1, -0.05) is 49.4 Å². The molecule has 12 heteroatoms. The summed E-state index contributed by atoms with van der Waals surface area (Å²) < 4.78 is 0. The normalized spacial score (nSPS) is 14.3. The average Bonchev–Trinajstić information content (AvgIpc) is 3.77. The van der Waals surface area contributed by atoms with Gasteiger partial charge >= 0.3 is 0 Å². The summed E-state index contributed by atoms with van der Waals surface area (Å²) in [6.07, 6.45) is 7.14. The van der Waals surface area contributed by atoms with Crippen molar-refractivity contribution in [3.63, 3.8) is 0 Å². The van der Waals surface area contributed by atoms with Gasteiger partial charge < -0.3 is 25.8 Å². The maximum atomic E-state index is 13.4. The summed E-state index contributed by atoms with van der Waals surface area (Å²) in [7, 11) is 0. The predicted octanol–water partition coefficient (Wildman–Crippen LogP) is 3.60. The van der Waals surface area contributed by atoms with Gasteiger partial charge in [0, 0.05) is 66.6 Å². The molecule has 0 bridgehead atoms. The van der Waals surface area contributed by atoms with Crippen molar-refractivity contribution in [3.8, 4) is 0 Å². The molecule has 1 aliphatic rings. The highest BCUT2D eigenvalue weighted by molar-refractivity contribution is 7.11. The smallest absolute Gasteiger partial charge is 0.243 e. The van der Waals surface area contributed by atoms with Crippen LogP contribution in [0.2, 0.25) is 0 Å². The van der Waals surface area contributed by atoms with Gasteiger partial charge in [0.1, 0.15) is 11.9 Å². The molecule has 0 aliphatic carbocycles. The van der Waals surface area contributed by atoms with Crippen LogP contribution in [0.15, 0.2) is 66.3 Å². The standard InChI is InChI=1S/C34H39N7O4S/c1-2-29(42)40-28(18-22-10-4-5-12-25(22)32(35)41-15-8-3-9-16-41)33(45)38-21-30(43)39-27(31(44)34-36-14-17-46-34)19-23-20-37-26-13-7-6-11-24(23)26/h4-7,10-14,17,20,27-28,35,37H,2-3,8-9,15-16,18-19,21H2,1H3,(H,38,45)(H,39,43)(H,40,42). The van der Waals surface area contributed by atoms with Gasteiger partial charge in [-0.15, -0.1) is 11.3 Å². The van der Waals surface area contributed by atoms with Gasteiger partial charge in [-0.3, -0.25) is 24.6 Å². The largest absolute Gasteiger partial charge is 0.361 e. The Bertz CT molecular complexity index is 1690. The van der Waals surface area contributed by atoms with Crippen molar-refractivity contribution in [3.05, 3.63) is 88.0 Å². The number of fused-ring (bicyclic) bond motifs is 1. The fourth-order valence-electron chi connectivity index (χ4n) is 5.70. The second-order valence-electron chi connectivity index (χ2n) is 11.3. The third kappa shape index (κ3) is 8.05. The first-order valence-corrected chi connectivity index (χ1v) is 16.5. The summed E-state index contributed by atoms with van der Waals surface area (Å²) in [5, 5.41) is 20.0. The Balaban J connectivity index is 1.27. The lowest BCUT2D eigenvalue weighted by atomic mass is 9.97. The van der Waals surface area contributed by atoms with Crippen molar-refractivity contribution in [2.45, 2.75) is 57.5 Å². The lowest BCUT2D eigenvalue weighted by Crippen LogP contribution is -2.52. The predicted molar refractivity (Wildman–Crippen MR) is 178 cm³/mol. The summed E-state index contributed by atoms with van der Waals surface area (Å²) in [4.78, 5) is 61.8. The Kier molecular flexibility index (Phi) is 10.9. The van der Waals surface area contributed by atoms with E-state index >= 15 is 0 Å². The molecule has 46 heavy (non-hydrogen) atoms. The van der Waals surface area contributed by atoms with Gasteiger partial charge in [0.15, 0.2) is 5.01 Å². The van der Waals surface area contributed by atoms with Gasteiger partial charge in [-0.2, -0.15) is 0 Å². The molecule has 1 saturated heterocycles. The summed E-state index contributed by atoms with van der Waals surface area (Å²) in [6, 6.07) is 13.3. The van der Waals surface area contributed by atoms with Crippen molar-refractivity contribution >= 4 is 51.6 Å². The highest BCUT2D eigenvalue weighted by Crippen LogP contribution is 2.21. The van der Waals surface area contributed by atoms with E-state index in [-0.39, 0.29) is 36.0 Å². The Labute approximate surface area is 271 Å². The van der Waals surface area contributed by atoms with E-state index in [1.807, 2.05) is 59.6 Å². The van der Waals surface area contributed by atoms with Gasteiger partial charge in [0.05, 0.1) is 12.6 Å². The van der Waals surface area contributed by atoms with Crippen molar-refractivity contribution < 1.29 is 19.2 Å². The van der Waals surface area contributed by atoms with E-state index in [0.717, 1.165) is 54.4 Å². The summed E-state index contributed by atoms with van der Waals surface area (Å²) in [6.45, 7) is 2.93. The third-order valence-corrected chi connectivity index (χ3v) is 8.95. The number of rotatable bonds is 13. The SMILES string of the molecule is CCC(=O)NC(Cc1ccccc1C(=N)N1CCCCC1)C(=O)NCC(=O)NC(Cc1c[nH]c2ccccc12)C(=O)c1nccs1. The van der Waals surface area contributed by atoms with E-state index in [4.69, 9.17) is 5.41 Å². The fourth-order valence-corrected chi connectivity index (χ4v) is 6.33. The minimum absolute atomic E-state index is 0.150. The van der Waals surface area contributed by atoms with E-state index in [2.05, 4.69) is 25.9 Å². The molecule has 3 amide bonds. The Morgan fingerprint density at radius 1 is 0.935 bits per heavy atom. The molecular formula is C34H39N7O4S. The van der Waals surface area contributed by atoms with Crippen LogP contribution < -0.4 is 16.0 Å². The molecule has 2 atom stereocenters. The second-order valence-corrected chi connectivity index (χ2v) is 12.2. The zero-order valence-electron chi connectivity index (χ0n) is 25.8. The maximum Gasteiger partial charge on any atom is 0.243 e. The van der Waals surface area contributed by atoms with Crippen LogP contribution in [0, 0.1) is 5.41 Å². The number of hydrogen-bond donors (Lipinski definition) is 5. The van der Waals surface area contributed by atoms with Crippen LogP contribution >= 0.6 is 11.3 Å². The van der Waals surface area contributed by atoms with Crippen LogP contribution in [0.4, 0.5) is 0 Å². The Hall–Kier alpha value is -4.84. The molecule has 0 saturated carbocycles. The summed E-state index contributed by atoms with van der Waals surface area (Å²) in [5.74, 6) is -1.30. The molecule has 240 valence electrons. The monoisotopic (exact) mass is 641 g/mol. The minimum Gasteiger partial charge on any atom is -0.361 e. The summed E-state index contributed by atoms with van der Waals surface area (Å²) >= 11 is 1.20. The van der Waals surface area contributed by atoms with Crippen LogP contribution in [-0.4, -0.2) is 75.9 Å². The lowest BCUT2D eigenvalue weighted by Gasteiger charge is -2.30. The van der Waals surface area contributed by atoms with Crippen LogP contribution in [0.3, 0.4) is 0 Å². The van der Waals surface area contributed by atoms with Crippen LogP contribution in [-0.2, 0) is 27.2 Å². The number of amides is 3. The topological polar surface area (TPSA) is 160 Å². The zero-order chi connectivity index (χ0) is 32.5. The molecule has 11 nitrogen and oxygen atoms in total. The fraction of sp³-hybridized carbons (Fsp3) is 0.353. The lowest BCUT2D eigenvalue weighted by molar-refractivity contribution is -0.130. The number of carbonyl (C=O) groups is 4. The zero-order valence-corrected chi connectivity index (χ0v) is 26.6. The molecular weight excluding hydrogens is 602 g/mol. The molecule has 3 heterocycles. The number of para-hydroxylation sites is 1. The van der Waals surface area contributed by atoms with Crippen LogP contribution in [0.5, 0.6) is 0 Å². The quantitative estimate of drug-likeness (QED) is 0.0852. The van der Waals surface area contributed by atoms with E-state index in [1.165, 1.54) is 11.3 Å². The van der Waals surface area contributed by atoms with Gasteiger partial charge in [-0.25, -0.2) is 4.98 Å². The van der Waals surface area contributed by atoms with Gasteiger partial charge in [0.2, 0.25) is 23.5 Å². The number of aromatic nitrogens is 2. The van der Waals surface area contributed by atoms with E-state index in [1.54, 1.807) is 18.5 Å². The molecule has 2 aromatic heterocycles. The minimum atomic E-state index is -0.963. The first-order chi connectivity index (χ1) is 22.3. The number of hydrogen-bond acceptors (Lipinski definition) is 7. The van der Waals surface area contributed by atoms with Crippen molar-refractivity contribution in [2.75, 3.05) is 19.6 Å². The van der Waals surface area contributed by atoms with Gasteiger partial charge in [-0.05, 0) is 36.5 Å². The first-order valence-electron chi connectivity index (χ1n) is 15.6. The second kappa shape index (κ2) is 15.4. The molecule has 2 aromatic carbocycles. The highest BCUT2D eigenvalue weighted by Gasteiger charge is 2.28. The number of nitrogens with one attached hydrogen (secondary N) is 5. The number of thiazole rings is 1. The Morgan fingerprint density at radius 3 is 2.41 bits per heavy atom. The number of benzene rings is 2. The number of H-pyrrole nitrogens is 1. The first kappa shape index (κ1) is 32.6. The van der Waals surface area contributed by atoms with Crippen LogP contribution in [0.25, 0.3) is 10.9 Å².